The monoisotopic (exact) mass is 524 g/mol. The Bertz CT molecular complexity index is 1400. The molecule has 0 saturated heterocycles. The Kier molecular flexibility index (Phi) is 6.84. The highest BCUT2D eigenvalue weighted by molar-refractivity contribution is 8.15. The van der Waals surface area contributed by atoms with Crippen molar-refractivity contribution < 1.29 is 18.4 Å². The lowest BCUT2D eigenvalue weighted by molar-refractivity contribution is -0.121. The summed E-state index contributed by atoms with van der Waals surface area (Å²) >= 11 is 7.38. The second-order valence-corrected chi connectivity index (χ2v) is 9.88. The molecule has 0 spiro atoms. The molecule has 5 rings (SSSR count). The smallest absolute Gasteiger partial charge is 0.262 e. The van der Waals surface area contributed by atoms with Crippen molar-refractivity contribution in [2.24, 2.45) is 10.1 Å². The molecule has 0 saturated carbocycles. The maximum Gasteiger partial charge on any atom is 0.262 e. The topological polar surface area (TPSA) is 74.1 Å². The average Bonchev–Trinajstić information content (AvgIpc) is 3.44. The summed E-state index contributed by atoms with van der Waals surface area (Å²) in [4.78, 5) is 29.4. The van der Waals surface area contributed by atoms with Crippen LogP contribution < -0.4 is 5.32 Å². The first-order chi connectivity index (χ1) is 17.4. The van der Waals surface area contributed by atoms with E-state index < -0.39 is 22.9 Å². The van der Waals surface area contributed by atoms with Crippen LogP contribution in [0.25, 0.3) is 0 Å². The number of nitrogens with zero attached hydrogens (tertiary/aromatic N) is 3. The third-order valence-corrected chi connectivity index (χ3v) is 7.10. The van der Waals surface area contributed by atoms with Gasteiger partial charge in [0.05, 0.1) is 11.8 Å². The molecule has 6 nitrogen and oxygen atoms in total. The Morgan fingerprint density at radius 3 is 2.58 bits per heavy atom. The van der Waals surface area contributed by atoms with E-state index in [0.717, 1.165) is 22.9 Å². The summed E-state index contributed by atoms with van der Waals surface area (Å²) in [5.74, 6) is -1.69. The van der Waals surface area contributed by atoms with Gasteiger partial charge in [-0.3, -0.25) is 9.59 Å². The summed E-state index contributed by atoms with van der Waals surface area (Å²) in [6.07, 6.45) is 0.363. The van der Waals surface area contributed by atoms with Crippen molar-refractivity contribution in [1.29, 1.82) is 0 Å². The Balaban J connectivity index is 1.36. The lowest BCUT2D eigenvalue weighted by Crippen LogP contribution is -2.25. The van der Waals surface area contributed by atoms with Crippen LogP contribution in [0.1, 0.15) is 30.0 Å². The van der Waals surface area contributed by atoms with Crippen LogP contribution in [0.15, 0.2) is 82.9 Å². The fourth-order valence-electron chi connectivity index (χ4n) is 4.03. The molecule has 0 aromatic heterocycles. The van der Waals surface area contributed by atoms with Gasteiger partial charge in [0.15, 0.2) is 5.17 Å². The second kappa shape index (κ2) is 10.2. The minimum atomic E-state index is -0.737. The summed E-state index contributed by atoms with van der Waals surface area (Å²) in [6.45, 7) is 0. The van der Waals surface area contributed by atoms with Gasteiger partial charge in [-0.25, -0.2) is 13.8 Å². The Morgan fingerprint density at radius 2 is 1.83 bits per heavy atom. The molecular formula is C26H19ClF2N4O2S. The molecule has 0 radical (unpaired) electrons. The quantitative estimate of drug-likeness (QED) is 0.458. The Hall–Kier alpha value is -3.56. The zero-order valence-electron chi connectivity index (χ0n) is 18.7. The number of hydrogen-bond acceptors (Lipinski definition) is 5. The normalized spacial score (nSPS) is 19.3. The Morgan fingerprint density at radius 1 is 1.06 bits per heavy atom. The number of hydrazone groups is 1. The minimum Gasteiger partial charge on any atom is -0.326 e. The van der Waals surface area contributed by atoms with E-state index in [-0.39, 0.29) is 18.3 Å². The highest BCUT2D eigenvalue weighted by Crippen LogP contribution is 2.39. The van der Waals surface area contributed by atoms with Crippen LogP contribution in [-0.2, 0) is 9.59 Å². The standard InChI is InChI=1S/C26H19ClF2N4O2S/c27-17-4-1-3-16(11-17)22-13-21(15-7-9-18(28)10-8-15)32-33(22)26-31-25(35)23(36-26)14-24(34)30-20-6-2-5-19(29)12-20/h1-12,22-23H,13-14H2,(H,30,34)/t22-,23+/m1/s1. The molecule has 10 heteroatoms. The highest BCUT2D eigenvalue weighted by Gasteiger charge is 2.39. The van der Waals surface area contributed by atoms with Crippen LogP contribution in [0.2, 0.25) is 5.02 Å². The van der Waals surface area contributed by atoms with Gasteiger partial charge in [0.1, 0.15) is 16.9 Å². The number of aliphatic imine (C=N–C) groups is 1. The lowest BCUT2D eigenvalue weighted by atomic mass is 9.98. The van der Waals surface area contributed by atoms with Crippen LogP contribution in [0.4, 0.5) is 14.5 Å². The van der Waals surface area contributed by atoms with E-state index in [1.807, 2.05) is 18.2 Å². The molecule has 0 aliphatic carbocycles. The number of hydrogen-bond donors (Lipinski definition) is 1. The maximum atomic E-state index is 13.5. The predicted octanol–water partition coefficient (Wildman–Crippen LogP) is 5.80. The maximum absolute atomic E-state index is 13.5. The van der Waals surface area contributed by atoms with Crippen LogP contribution in [-0.4, -0.2) is 33.0 Å². The number of carbonyl (C=O) groups excluding carboxylic acids is 2. The number of nitrogens with one attached hydrogen (secondary N) is 1. The molecule has 36 heavy (non-hydrogen) atoms. The molecule has 0 fully saturated rings. The Labute approximate surface area is 215 Å². The van der Waals surface area contributed by atoms with Crippen LogP contribution in [0.3, 0.4) is 0 Å². The first-order valence-corrected chi connectivity index (χ1v) is 12.3. The molecule has 2 amide bonds. The van der Waals surface area contributed by atoms with E-state index in [1.165, 1.54) is 30.3 Å². The van der Waals surface area contributed by atoms with E-state index in [1.54, 1.807) is 29.3 Å². The summed E-state index contributed by atoms with van der Waals surface area (Å²) < 4.78 is 26.9. The van der Waals surface area contributed by atoms with Gasteiger partial charge in [-0.2, -0.15) is 10.1 Å². The zero-order valence-corrected chi connectivity index (χ0v) is 20.3. The predicted molar refractivity (Wildman–Crippen MR) is 137 cm³/mol. The molecule has 1 N–H and O–H groups in total. The lowest BCUT2D eigenvalue weighted by Gasteiger charge is -2.23. The molecule has 2 aliphatic heterocycles. The van der Waals surface area contributed by atoms with E-state index >= 15 is 0 Å². The van der Waals surface area contributed by atoms with Gasteiger partial charge >= 0.3 is 0 Å². The fourth-order valence-corrected chi connectivity index (χ4v) is 5.29. The zero-order chi connectivity index (χ0) is 25.2. The first kappa shape index (κ1) is 24.1. The van der Waals surface area contributed by atoms with Crippen molar-refractivity contribution in [3.63, 3.8) is 0 Å². The molecular weight excluding hydrogens is 506 g/mol. The molecule has 2 heterocycles. The fraction of sp³-hybridized carbons (Fsp3) is 0.154. The van der Waals surface area contributed by atoms with Gasteiger partial charge < -0.3 is 5.32 Å². The number of amidine groups is 1. The molecule has 182 valence electrons. The van der Waals surface area contributed by atoms with Gasteiger partial charge in [-0.1, -0.05) is 53.7 Å². The number of carbonyl (C=O) groups is 2. The number of thioether (sulfide) groups is 1. The first-order valence-electron chi connectivity index (χ1n) is 11.1. The second-order valence-electron chi connectivity index (χ2n) is 8.27. The van der Waals surface area contributed by atoms with Crippen LogP contribution >= 0.6 is 23.4 Å². The molecule has 0 bridgehead atoms. The molecule has 2 aliphatic rings. The van der Waals surface area contributed by atoms with Crippen molar-refractivity contribution in [3.05, 3.63) is 101 Å². The van der Waals surface area contributed by atoms with E-state index in [4.69, 9.17) is 16.7 Å². The van der Waals surface area contributed by atoms with Crippen molar-refractivity contribution >= 4 is 51.7 Å². The number of benzene rings is 3. The van der Waals surface area contributed by atoms with Crippen LogP contribution in [0.5, 0.6) is 0 Å². The van der Waals surface area contributed by atoms with Crippen molar-refractivity contribution in [3.8, 4) is 0 Å². The largest absolute Gasteiger partial charge is 0.326 e. The van der Waals surface area contributed by atoms with Crippen molar-refractivity contribution in [2.45, 2.75) is 24.1 Å². The summed E-state index contributed by atoms with van der Waals surface area (Å²) in [5, 5.41) is 9.18. The van der Waals surface area contributed by atoms with Crippen LogP contribution in [0, 0.1) is 11.6 Å². The summed E-state index contributed by atoms with van der Waals surface area (Å²) in [5.41, 5.74) is 2.66. The number of amides is 2. The molecule has 0 unspecified atom stereocenters. The van der Waals surface area contributed by atoms with Gasteiger partial charge in [0.25, 0.3) is 5.91 Å². The summed E-state index contributed by atoms with van der Waals surface area (Å²) in [6, 6.07) is 18.6. The third-order valence-electron chi connectivity index (χ3n) is 5.73. The number of anilines is 1. The number of rotatable bonds is 5. The highest BCUT2D eigenvalue weighted by atomic mass is 35.5. The van der Waals surface area contributed by atoms with Crippen molar-refractivity contribution in [2.75, 3.05) is 5.32 Å². The van der Waals surface area contributed by atoms with Gasteiger partial charge in [-0.05, 0) is 53.6 Å². The van der Waals surface area contributed by atoms with E-state index in [2.05, 4.69) is 10.3 Å². The summed E-state index contributed by atoms with van der Waals surface area (Å²) in [7, 11) is 0. The van der Waals surface area contributed by atoms with E-state index in [9.17, 15) is 18.4 Å². The molecule has 2 atom stereocenters. The van der Waals surface area contributed by atoms with Crippen molar-refractivity contribution in [1.82, 2.24) is 5.01 Å². The number of halogens is 3. The average molecular weight is 525 g/mol. The van der Waals surface area contributed by atoms with Gasteiger partial charge in [0.2, 0.25) is 5.91 Å². The molecule has 3 aromatic carbocycles. The third kappa shape index (κ3) is 5.32. The van der Waals surface area contributed by atoms with E-state index in [0.29, 0.717) is 28.0 Å². The molecule has 3 aromatic rings. The van der Waals surface area contributed by atoms with Gasteiger partial charge in [0, 0.05) is 23.6 Å². The van der Waals surface area contributed by atoms with Gasteiger partial charge in [-0.15, -0.1) is 0 Å². The minimum absolute atomic E-state index is 0.128. The SMILES string of the molecule is O=C(C[C@@H]1SC(N2N=C(c3ccc(F)cc3)C[C@@H]2c2cccc(Cl)c2)=NC1=O)Nc1cccc(F)c1.